The van der Waals surface area contributed by atoms with Crippen LogP contribution in [0, 0.1) is 0 Å². The van der Waals surface area contributed by atoms with E-state index in [0.717, 1.165) is 18.4 Å². The van der Waals surface area contributed by atoms with E-state index in [0.29, 0.717) is 51.7 Å². The van der Waals surface area contributed by atoms with Crippen LogP contribution >= 0.6 is 0 Å². The summed E-state index contributed by atoms with van der Waals surface area (Å²) >= 11 is 0. The van der Waals surface area contributed by atoms with Gasteiger partial charge in [0, 0.05) is 26.3 Å². The minimum absolute atomic E-state index is 0. The summed E-state index contributed by atoms with van der Waals surface area (Å²) in [6.07, 6.45) is 6.17. The van der Waals surface area contributed by atoms with E-state index in [-0.39, 0.29) is 13.4 Å². The molecular weight excluding hydrogens is 382 g/mol. The fraction of sp³-hybridized carbons (Fsp3) is 0.565. The first-order chi connectivity index (χ1) is 14.7. The number of aryl methyl sites for hydroxylation is 1. The van der Waals surface area contributed by atoms with Crippen LogP contribution in [0.3, 0.4) is 0 Å². The Balaban J connectivity index is 0.00000480. The number of amides is 1. The van der Waals surface area contributed by atoms with Crippen molar-refractivity contribution in [3.8, 4) is 0 Å². The van der Waals surface area contributed by atoms with Crippen LogP contribution in [0.4, 0.5) is 0 Å². The monoisotopic (exact) mass is 419 g/mol. The second-order valence-electron chi connectivity index (χ2n) is 7.05. The van der Waals surface area contributed by atoms with Crippen LogP contribution in [-0.4, -0.2) is 61.9 Å². The lowest BCUT2D eigenvalue weighted by Crippen LogP contribution is -2.27. The molecule has 0 saturated carbocycles. The summed E-state index contributed by atoms with van der Waals surface area (Å²) in [5.41, 5.74) is 3.00. The van der Waals surface area contributed by atoms with Gasteiger partial charge in [-0.25, -0.2) is 0 Å². The highest BCUT2D eigenvalue weighted by molar-refractivity contribution is 5.94. The van der Waals surface area contributed by atoms with Crippen molar-refractivity contribution in [3.05, 3.63) is 53.3 Å². The zero-order valence-electron chi connectivity index (χ0n) is 18.4. The normalized spacial score (nSPS) is 12.1. The van der Waals surface area contributed by atoms with E-state index in [1.54, 1.807) is 0 Å². The van der Waals surface area contributed by atoms with Crippen molar-refractivity contribution < 1.29 is 20.4 Å². The van der Waals surface area contributed by atoms with E-state index in [2.05, 4.69) is 30.5 Å². The van der Waals surface area contributed by atoms with Gasteiger partial charge in [-0.15, -0.1) is 0 Å². The van der Waals surface area contributed by atoms with Crippen molar-refractivity contribution in [2.24, 2.45) is 0 Å². The third-order valence-corrected chi connectivity index (χ3v) is 4.73. The molecule has 1 aromatic carbocycles. The molecule has 0 aliphatic carbocycles. The number of benzene rings is 1. The fourth-order valence-corrected chi connectivity index (χ4v) is 3.00. The first kappa shape index (κ1) is 24.1. The molecule has 1 aromatic heterocycles. The molecule has 0 aliphatic heterocycles. The van der Waals surface area contributed by atoms with E-state index in [4.69, 9.17) is 14.2 Å². The van der Waals surface area contributed by atoms with Gasteiger partial charge in [0.25, 0.3) is 5.91 Å². The zero-order chi connectivity index (χ0) is 21.6. The second kappa shape index (κ2) is 13.9. The molecular formula is C23H37N3O4. The minimum atomic E-state index is -0.102. The molecule has 0 radical (unpaired) electrons. The second-order valence-corrected chi connectivity index (χ2v) is 7.05. The first-order valence-corrected chi connectivity index (χ1v) is 10.8. The largest absolute Gasteiger partial charge is 0.379 e. The third-order valence-electron chi connectivity index (χ3n) is 4.73. The number of nitrogens with one attached hydrogen (secondary N) is 1. The van der Waals surface area contributed by atoms with Crippen molar-refractivity contribution in [3.63, 3.8) is 0 Å². The molecule has 2 aromatic rings. The molecule has 7 nitrogen and oxygen atoms in total. The minimum Gasteiger partial charge on any atom is -0.379 e. The molecule has 1 unspecified atom stereocenters. The van der Waals surface area contributed by atoms with E-state index >= 15 is 0 Å². The third kappa shape index (κ3) is 8.26. The predicted octanol–water partition coefficient (Wildman–Crippen LogP) is 3.49. The number of carbonyl (C=O) groups is 1. The quantitative estimate of drug-likeness (QED) is 0.447. The molecule has 7 heteroatoms. The molecule has 0 saturated heterocycles. The van der Waals surface area contributed by atoms with Gasteiger partial charge in [-0.2, -0.15) is 5.10 Å². The number of hydrogen-bond donors (Lipinski definition) is 1. The van der Waals surface area contributed by atoms with Gasteiger partial charge < -0.3 is 19.5 Å². The zero-order valence-corrected chi connectivity index (χ0v) is 18.4. The van der Waals surface area contributed by atoms with Crippen LogP contribution in [0.1, 0.15) is 56.1 Å². The summed E-state index contributed by atoms with van der Waals surface area (Å²) in [5.74, 6) is -0.102. The first-order valence-electron chi connectivity index (χ1n) is 10.8. The topological polar surface area (TPSA) is 74.6 Å². The van der Waals surface area contributed by atoms with E-state index in [1.165, 1.54) is 5.56 Å². The highest BCUT2D eigenvalue weighted by Gasteiger charge is 2.11. The molecule has 1 atom stereocenters. The Morgan fingerprint density at radius 1 is 1.07 bits per heavy atom. The Bertz CT molecular complexity index is 737. The number of aromatic nitrogens is 2. The average Bonchev–Trinajstić information content (AvgIpc) is 3.23. The Morgan fingerprint density at radius 2 is 1.73 bits per heavy atom. The maximum Gasteiger partial charge on any atom is 0.251 e. The average molecular weight is 420 g/mol. The van der Waals surface area contributed by atoms with Crippen molar-refractivity contribution >= 4 is 5.91 Å². The molecule has 0 aliphatic rings. The van der Waals surface area contributed by atoms with Crippen molar-refractivity contribution in [1.82, 2.24) is 15.1 Å². The van der Waals surface area contributed by atoms with Crippen molar-refractivity contribution in [1.29, 1.82) is 0 Å². The molecule has 0 fully saturated rings. The fourth-order valence-electron chi connectivity index (χ4n) is 3.00. The molecule has 1 heterocycles. The Morgan fingerprint density at radius 3 is 2.40 bits per heavy atom. The number of nitrogens with zero attached hydrogens (tertiary/aromatic N) is 2. The summed E-state index contributed by atoms with van der Waals surface area (Å²) in [6, 6.07) is 7.79. The highest BCUT2D eigenvalue weighted by atomic mass is 16.5. The Kier molecular flexibility index (Phi) is 11.1. The van der Waals surface area contributed by atoms with E-state index in [1.807, 2.05) is 42.1 Å². The predicted molar refractivity (Wildman–Crippen MR) is 119 cm³/mol. The van der Waals surface area contributed by atoms with Gasteiger partial charge >= 0.3 is 0 Å². The lowest BCUT2D eigenvalue weighted by Gasteiger charge is -2.13. The van der Waals surface area contributed by atoms with Gasteiger partial charge in [-0.05, 0) is 43.5 Å². The van der Waals surface area contributed by atoms with Gasteiger partial charge in [0.1, 0.15) is 0 Å². The van der Waals surface area contributed by atoms with Crippen LogP contribution in [0.25, 0.3) is 0 Å². The van der Waals surface area contributed by atoms with Crippen LogP contribution in [0.2, 0.25) is 0 Å². The van der Waals surface area contributed by atoms with Gasteiger partial charge in [-0.1, -0.05) is 25.5 Å². The Labute approximate surface area is 181 Å². The van der Waals surface area contributed by atoms with Crippen LogP contribution < -0.4 is 5.32 Å². The number of rotatable bonds is 15. The summed E-state index contributed by atoms with van der Waals surface area (Å²) in [6.45, 7) is 10.0. The number of carbonyl (C=O) groups excluding carboxylic acids is 1. The van der Waals surface area contributed by atoms with Gasteiger partial charge in [0.05, 0.1) is 45.3 Å². The molecule has 2 rings (SSSR count). The van der Waals surface area contributed by atoms with Gasteiger partial charge in [0.2, 0.25) is 0 Å². The van der Waals surface area contributed by atoms with Gasteiger partial charge in [-0.3, -0.25) is 9.48 Å². The van der Waals surface area contributed by atoms with Crippen LogP contribution in [-0.2, 0) is 20.6 Å². The molecule has 30 heavy (non-hydrogen) atoms. The van der Waals surface area contributed by atoms with Crippen LogP contribution in [0.5, 0.6) is 0 Å². The standard InChI is InChI=1S/C23H35N3O4.H2/c1-4-6-20-17-25-26(18-20)19(3)21-7-9-22(10-8-21)23(27)24-11-12-29-15-16-30-14-13-28-5-2;/h7-10,17-19H,4-6,11-16H2,1-3H3,(H,24,27);1H. The highest BCUT2D eigenvalue weighted by Crippen LogP contribution is 2.18. The summed E-state index contributed by atoms with van der Waals surface area (Å²) < 4.78 is 18.0. The maximum absolute atomic E-state index is 12.3. The van der Waals surface area contributed by atoms with Crippen molar-refractivity contribution in [2.45, 2.75) is 39.7 Å². The van der Waals surface area contributed by atoms with E-state index < -0.39 is 0 Å². The summed E-state index contributed by atoms with van der Waals surface area (Å²) in [7, 11) is 0. The molecule has 0 spiro atoms. The summed E-state index contributed by atoms with van der Waals surface area (Å²) in [4.78, 5) is 12.3. The van der Waals surface area contributed by atoms with E-state index in [9.17, 15) is 4.79 Å². The molecule has 1 N–H and O–H groups in total. The summed E-state index contributed by atoms with van der Waals surface area (Å²) in [5, 5.41) is 7.34. The molecule has 0 bridgehead atoms. The molecule has 1 amide bonds. The number of hydrogen-bond acceptors (Lipinski definition) is 5. The maximum atomic E-state index is 12.3. The number of ether oxygens (including phenoxy) is 3. The Hall–Kier alpha value is -2.22. The lowest BCUT2D eigenvalue weighted by molar-refractivity contribution is 0.0175. The van der Waals surface area contributed by atoms with Crippen LogP contribution in [0.15, 0.2) is 36.7 Å². The smallest absolute Gasteiger partial charge is 0.251 e. The van der Waals surface area contributed by atoms with Gasteiger partial charge in [0.15, 0.2) is 0 Å². The molecule has 168 valence electrons. The van der Waals surface area contributed by atoms with Crippen molar-refractivity contribution in [2.75, 3.05) is 46.2 Å². The lowest BCUT2D eigenvalue weighted by atomic mass is 10.1. The SMILES string of the molecule is CCCc1cnn(C(C)c2ccc(C(=O)NCCOCCOCCOCC)cc2)c1.[HH].